The lowest BCUT2D eigenvalue weighted by Gasteiger charge is -2.12. The van der Waals surface area contributed by atoms with Crippen molar-refractivity contribution in [3.63, 3.8) is 0 Å². The first-order chi connectivity index (χ1) is 13.3. The number of rotatable bonds is 8. The van der Waals surface area contributed by atoms with Gasteiger partial charge in [-0.15, -0.1) is 5.10 Å². The van der Waals surface area contributed by atoms with E-state index in [4.69, 9.17) is 14.6 Å². The Bertz CT molecular complexity index is 844. The zero-order chi connectivity index (χ0) is 20.7. The number of halogens is 1. The van der Waals surface area contributed by atoms with Crippen molar-refractivity contribution < 1.29 is 33.7 Å². The largest absolute Gasteiger partial charge is 0.493 e. The van der Waals surface area contributed by atoms with E-state index < -0.39 is 23.1 Å². The first kappa shape index (κ1) is 21.9. The number of carboxylic acids is 1. The topological polar surface area (TPSA) is 136 Å². The molecule has 1 atom stereocenters. The van der Waals surface area contributed by atoms with Gasteiger partial charge in [-0.3, -0.25) is 9.59 Å². The highest BCUT2D eigenvalue weighted by Gasteiger charge is 2.32. The van der Waals surface area contributed by atoms with Crippen molar-refractivity contribution in [3.05, 3.63) is 21.3 Å². The van der Waals surface area contributed by atoms with Gasteiger partial charge in [0, 0.05) is 0 Å². The number of hydrogen-bond donors (Lipinski definition) is 2. The van der Waals surface area contributed by atoms with Crippen LogP contribution < -0.4 is 14.8 Å². The van der Waals surface area contributed by atoms with E-state index in [1.165, 1.54) is 20.4 Å². The first-order valence-electron chi connectivity index (χ1n) is 7.71. The van der Waals surface area contributed by atoms with E-state index in [-0.39, 0.29) is 18.2 Å². The number of aliphatic carboxylic acids is 1. The molecule has 0 spiro atoms. The maximum Gasteiger partial charge on any atom is 0.343 e. The minimum absolute atomic E-state index is 0.229. The second-order valence-electron chi connectivity index (χ2n) is 5.24. The van der Waals surface area contributed by atoms with Crippen molar-refractivity contribution in [3.8, 4) is 11.5 Å². The zero-order valence-corrected chi connectivity index (χ0v) is 17.8. The predicted molar refractivity (Wildman–Crippen MR) is 110 cm³/mol. The van der Waals surface area contributed by atoms with Gasteiger partial charge in [0.2, 0.25) is 5.91 Å². The van der Waals surface area contributed by atoms with Crippen molar-refractivity contribution in [2.24, 2.45) is 10.2 Å². The third kappa shape index (κ3) is 6.09. The highest BCUT2D eigenvalue weighted by Crippen LogP contribution is 2.33. The Kier molecular flexibility index (Phi) is 8.04. The molecule has 1 saturated heterocycles. The van der Waals surface area contributed by atoms with Crippen LogP contribution in [0.3, 0.4) is 0 Å². The summed E-state index contributed by atoms with van der Waals surface area (Å²) >= 11 is 3.04. The van der Waals surface area contributed by atoms with Gasteiger partial charge in [0.1, 0.15) is 5.25 Å². The Morgan fingerprint density at radius 3 is 2.79 bits per heavy atom. The van der Waals surface area contributed by atoms with Crippen molar-refractivity contribution in [1.82, 2.24) is 5.32 Å². The van der Waals surface area contributed by atoms with Crippen LogP contribution in [-0.2, 0) is 19.1 Å². The van der Waals surface area contributed by atoms with Crippen LogP contribution in [0.4, 0.5) is 0 Å². The summed E-state index contributed by atoms with van der Waals surface area (Å²) in [7, 11) is 2.73. The molecule has 1 aromatic rings. The normalized spacial score (nSPS) is 17.6. The summed E-state index contributed by atoms with van der Waals surface area (Å²) in [6.07, 6.45) is 1.15. The lowest BCUT2D eigenvalue weighted by molar-refractivity contribution is -0.143. The summed E-state index contributed by atoms with van der Waals surface area (Å²) in [5, 5.41) is 18.6. The molecule has 0 saturated carbocycles. The van der Waals surface area contributed by atoms with Crippen LogP contribution in [0.1, 0.15) is 12.0 Å². The fraction of sp³-hybridized carbons (Fsp3) is 0.312. The summed E-state index contributed by atoms with van der Waals surface area (Å²) in [5.41, 5.74) is 0.646. The second kappa shape index (κ2) is 10.3. The van der Waals surface area contributed by atoms with Crippen LogP contribution in [0.2, 0.25) is 0 Å². The van der Waals surface area contributed by atoms with Crippen molar-refractivity contribution in [2.75, 3.05) is 20.8 Å². The fourth-order valence-electron chi connectivity index (χ4n) is 2.04. The highest BCUT2D eigenvalue weighted by molar-refractivity contribution is 14.1. The second-order valence-corrected chi connectivity index (χ2v) is 7.60. The van der Waals surface area contributed by atoms with Gasteiger partial charge in [-0.05, 0) is 40.3 Å². The van der Waals surface area contributed by atoms with Crippen LogP contribution in [0.5, 0.6) is 11.5 Å². The molecule has 1 amide bonds. The summed E-state index contributed by atoms with van der Waals surface area (Å²) in [6, 6.07) is 3.39. The number of carboxylic acid groups (broad SMARTS) is 1. The Labute approximate surface area is 177 Å². The molecule has 1 unspecified atom stereocenters. The Morgan fingerprint density at radius 1 is 1.39 bits per heavy atom. The average Bonchev–Trinajstić information content (AvgIpc) is 2.98. The maximum atomic E-state index is 11.7. The number of amidine groups is 1. The third-order valence-corrected chi connectivity index (χ3v) is 5.18. The van der Waals surface area contributed by atoms with Gasteiger partial charge in [0.05, 0.1) is 30.4 Å². The molecule has 150 valence electrons. The molecule has 12 heteroatoms. The predicted octanol–water partition coefficient (Wildman–Crippen LogP) is 1.25. The fourth-order valence-corrected chi connectivity index (χ4v) is 3.73. The summed E-state index contributed by atoms with van der Waals surface area (Å²) in [6.45, 7) is -0.252. The Hall–Kier alpha value is -2.35. The molecule has 0 radical (unpaired) electrons. The molecule has 0 aromatic heterocycles. The van der Waals surface area contributed by atoms with Gasteiger partial charge in [-0.2, -0.15) is 5.10 Å². The number of carbonyl (C=O) groups is 3. The number of methoxy groups -OCH3 is 2. The van der Waals surface area contributed by atoms with E-state index >= 15 is 0 Å². The van der Waals surface area contributed by atoms with Crippen molar-refractivity contribution in [1.29, 1.82) is 0 Å². The molecule has 1 heterocycles. The van der Waals surface area contributed by atoms with E-state index in [1.54, 1.807) is 12.1 Å². The van der Waals surface area contributed by atoms with Gasteiger partial charge < -0.3 is 24.6 Å². The number of nitrogens with zero attached hydrogens (tertiary/aromatic N) is 2. The van der Waals surface area contributed by atoms with Gasteiger partial charge >= 0.3 is 11.9 Å². The molecule has 10 nitrogen and oxygen atoms in total. The number of carbonyl (C=O) groups excluding carboxylic acids is 2. The minimum Gasteiger partial charge on any atom is -0.493 e. The molecular weight excluding hydrogens is 505 g/mol. The van der Waals surface area contributed by atoms with Crippen LogP contribution in [0.25, 0.3) is 0 Å². The van der Waals surface area contributed by atoms with Crippen LogP contribution >= 0.6 is 34.4 Å². The number of nitrogens with one attached hydrogen (secondary N) is 1. The van der Waals surface area contributed by atoms with Crippen LogP contribution in [-0.4, -0.2) is 60.4 Å². The molecule has 1 aliphatic heterocycles. The minimum atomic E-state index is -1.06. The average molecular weight is 521 g/mol. The Morgan fingerprint density at radius 2 is 2.14 bits per heavy atom. The van der Waals surface area contributed by atoms with Crippen molar-refractivity contribution in [2.45, 2.75) is 11.7 Å². The molecular formula is C16H16IN3O7S. The molecule has 28 heavy (non-hydrogen) atoms. The molecule has 1 aromatic carbocycles. The van der Waals surface area contributed by atoms with Gasteiger partial charge in [-0.25, -0.2) is 4.79 Å². The molecule has 1 aliphatic rings. The number of esters is 1. The zero-order valence-electron chi connectivity index (χ0n) is 14.8. The Balaban J connectivity index is 2.09. The summed E-state index contributed by atoms with van der Waals surface area (Å²) < 4.78 is 15.9. The van der Waals surface area contributed by atoms with Gasteiger partial charge in [0.15, 0.2) is 23.3 Å². The molecule has 2 N–H and O–H groups in total. The van der Waals surface area contributed by atoms with E-state index in [2.05, 4.69) is 20.3 Å². The van der Waals surface area contributed by atoms with Crippen LogP contribution in [0.15, 0.2) is 22.3 Å². The molecule has 0 bridgehead atoms. The summed E-state index contributed by atoms with van der Waals surface area (Å²) in [4.78, 5) is 33.6. The monoisotopic (exact) mass is 521 g/mol. The smallest absolute Gasteiger partial charge is 0.343 e. The highest BCUT2D eigenvalue weighted by atomic mass is 127. The lowest BCUT2D eigenvalue weighted by atomic mass is 10.2. The van der Waals surface area contributed by atoms with E-state index in [0.717, 1.165) is 11.8 Å². The third-order valence-electron chi connectivity index (χ3n) is 3.31. The lowest BCUT2D eigenvalue weighted by Crippen LogP contribution is -2.26. The molecule has 0 aliphatic carbocycles. The van der Waals surface area contributed by atoms with Gasteiger partial charge in [0.25, 0.3) is 0 Å². The molecule has 2 rings (SSSR count). The van der Waals surface area contributed by atoms with Crippen molar-refractivity contribution >= 4 is 63.6 Å². The SMILES string of the molecule is COC(=O)COc1c(I)cc(C=NN=C2NC(=O)C(CC(=O)O)S2)cc1OC. The van der Waals surface area contributed by atoms with E-state index in [0.29, 0.717) is 20.6 Å². The molecule has 1 fully saturated rings. The van der Waals surface area contributed by atoms with E-state index in [1.807, 2.05) is 22.6 Å². The number of amides is 1. The number of hydrogen-bond acceptors (Lipinski definition) is 9. The van der Waals surface area contributed by atoms with Gasteiger partial charge in [-0.1, -0.05) is 11.8 Å². The number of ether oxygens (including phenoxy) is 3. The summed E-state index contributed by atoms with van der Waals surface area (Å²) in [5.74, 6) is -1.20. The number of benzene rings is 1. The standard InChI is InChI=1S/C16H16IN3O7S/c1-25-10-4-8(3-9(17)14(10)27-7-13(23)26-2)6-18-20-16-19-15(24)11(28-16)5-12(21)22/h3-4,6,11H,5,7H2,1-2H3,(H,21,22)(H,19,20,24). The number of thioether (sulfide) groups is 1. The maximum absolute atomic E-state index is 11.7. The van der Waals surface area contributed by atoms with E-state index in [9.17, 15) is 14.4 Å². The van der Waals surface area contributed by atoms with Crippen LogP contribution in [0, 0.1) is 3.57 Å². The quantitative estimate of drug-likeness (QED) is 0.226. The first-order valence-corrected chi connectivity index (χ1v) is 9.67.